The zero-order valence-electron chi connectivity index (χ0n) is 10.7. The molecule has 5 nitrogen and oxygen atoms in total. The first-order chi connectivity index (χ1) is 9.83. The molecule has 0 atom stereocenters. The molecule has 0 saturated carbocycles. The number of halogens is 3. The molecule has 0 unspecified atom stereocenters. The Hall–Kier alpha value is -0.640. The largest absolute Gasteiger partial charge is 0.372 e. The fraction of sp³-hybridized carbons (Fsp3) is 0.0833. The Morgan fingerprint density at radius 3 is 2.43 bits per heavy atom. The van der Waals surface area contributed by atoms with Gasteiger partial charge in [0.15, 0.2) is 0 Å². The minimum absolute atomic E-state index is 0.0641. The lowest BCUT2D eigenvalue weighted by Gasteiger charge is -2.13. The number of benzene rings is 1. The molecule has 2 rings (SSSR count). The van der Waals surface area contributed by atoms with Crippen LogP contribution in [0.2, 0.25) is 0 Å². The summed E-state index contributed by atoms with van der Waals surface area (Å²) in [6, 6.07) is 6.67. The number of rotatable bonds is 4. The number of pyridine rings is 1. The Morgan fingerprint density at radius 1 is 1.10 bits per heavy atom. The normalized spacial score (nSPS) is 11.2. The van der Waals surface area contributed by atoms with Crippen molar-refractivity contribution in [1.82, 2.24) is 4.98 Å². The van der Waals surface area contributed by atoms with E-state index < -0.39 is 10.0 Å². The second kappa shape index (κ2) is 6.64. The van der Waals surface area contributed by atoms with Gasteiger partial charge in [0.05, 0.1) is 5.69 Å². The summed E-state index contributed by atoms with van der Waals surface area (Å²) in [4.78, 5) is 4.11. The summed E-state index contributed by atoms with van der Waals surface area (Å²) >= 11 is 9.87. The fourth-order valence-corrected chi connectivity index (χ4v) is 4.61. The van der Waals surface area contributed by atoms with Crippen LogP contribution >= 0.6 is 47.8 Å². The van der Waals surface area contributed by atoms with E-state index in [2.05, 4.69) is 62.8 Å². The van der Waals surface area contributed by atoms with Crippen molar-refractivity contribution in [3.8, 4) is 0 Å². The fourth-order valence-electron chi connectivity index (χ4n) is 1.59. The van der Waals surface area contributed by atoms with Crippen LogP contribution in [0.5, 0.6) is 0 Å². The molecule has 2 aromatic rings. The van der Waals surface area contributed by atoms with Crippen LogP contribution in [0.1, 0.15) is 0 Å². The highest BCUT2D eigenvalue weighted by Crippen LogP contribution is 2.30. The molecule has 0 aliphatic heterocycles. The number of hydrogen-bond donors (Lipinski definition) is 2. The van der Waals surface area contributed by atoms with Crippen molar-refractivity contribution in [2.45, 2.75) is 4.90 Å². The number of nitrogens with zero attached hydrogens (tertiary/aromatic N) is 1. The molecule has 0 aliphatic carbocycles. The van der Waals surface area contributed by atoms with Gasteiger partial charge in [0.25, 0.3) is 10.0 Å². The maximum absolute atomic E-state index is 12.5. The SMILES string of the molecule is CNc1ncc(Br)cc1S(=O)(=O)Nc1ccc(Br)cc1Br. The average molecular weight is 500 g/mol. The molecule has 9 heteroatoms. The minimum atomic E-state index is -3.76. The van der Waals surface area contributed by atoms with Gasteiger partial charge in [-0.25, -0.2) is 13.4 Å². The van der Waals surface area contributed by atoms with E-state index in [1.807, 2.05) is 0 Å². The predicted octanol–water partition coefficient (Wildman–Crippen LogP) is 4.21. The molecule has 112 valence electrons. The van der Waals surface area contributed by atoms with E-state index in [0.29, 0.717) is 14.6 Å². The van der Waals surface area contributed by atoms with Crippen LogP contribution in [0.3, 0.4) is 0 Å². The first-order valence-electron chi connectivity index (χ1n) is 5.64. The molecule has 0 radical (unpaired) electrons. The van der Waals surface area contributed by atoms with Crippen LogP contribution in [-0.4, -0.2) is 20.4 Å². The van der Waals surface area contributed by atoms with Crippen molar-refractivity contribution in [1.29, 1.82) is 0 Å². The Morgan fingerprint density at radius 2 is 1.81 bits per heavy atom. The molecule has 0 bridgehead atoms. The van der Waals surface area contributed by atoms with Gasteiger partial charge in [-0.1, -0.05) is 15.9 Å². The lowest BCUT2D eigenvalue weighted by atomic mass is 10.3. The summed E-state index contributed by atoms with van der Waals surface area (Å²) in [6.07, 6.45) is 1.53. The van der Waals surface area contributed by atoms with Gasteiger partial charge in [0.2, 0.25) is 0 Å². The van der Waals surface area contributed by atoms with E-state index in [4.69, 9.17) is 0 Å². The quantitative estimate of drug-likeness (QED) is 0.661. The lowest BCUT2D eigenvalue weighted by Crippen LogP contribution is -2.15. The second-order valence-electron chi connectivity index (χ2n) is 3.98. The zero-order chi connectivity index (χ0) is 15.6. The highest BCUT2D eigenvalue weighted by atomic mass is 79.9. The summed E-state index contributed by atoms with van der Waals surface area (Å²) in [5.74, 6) is 0.277. The van der Waals surface area contributed by atoms with Crippen LogP contribution in [0.4, 0.5) is 11.5 Å². The average Bonchev–Trinajstić information content (AvgIpc) is 2.42. The Bertz CT molecular complexity index is 781. The summed E-state index contributed by atoms with van der Waals surface area (Å²) < 4.78 is 29.6. The number of hydrogen-bond acceptors (Lipinski definition) is 4. The first kappa shape index (κ1) is 16.7. The zero-order valence-corrected chi connectivity index (χ0v) is 16.3. The maximum atomic E-state index is 12.5. The summed E-state index contributed by atoms with van der Waals surface area (Å²) in [5.41, 5.74) is 0.445. The minimum Gasteiger partial charge on any atom is -0.372 e. The monoisotopic (exact) mass is 497 g/mol. The first-order valence-corrected chi connectivity index (χ1v) is 9.51. The highest BCUT2D eigenvalue weighted by molar-refractivity contribution is 9.11. The van der Waals surface area contributed by atoms with Crippen molar-refractivity contribution in [2.75, 3.05) is 17.1 Å². The Balaban J connectivity index is 2.45. The predicted molar refractivity (Wildman–Crippen MR) is 94.1 cm³/mol. The van der Waals surface area contributed by atoms with E-state index in [1.54, 1.807) is 25.2 Å². The maximum Gasteiger partial charge on any atom is 0.265 e. The van der Waals surface area contributed by atoms with Gasteiger partial charge in [-0.15, -0.1) is 0 Å². The highest BCUT2D eigenvalue weighted by Gasteiger charge is 2.21. The van der Waals surface area contributed by atoms with Gasteiger partial charge < -0.3 is 5.32 Å². The van der Waals surface area contributed by atoms with Crippen LogP contribution < -0.4 is 10.0 Å². The van der Waals surface area contributed by atoms with Crippen LogP contribution in [0, 0.1) is 0 Å². The molecule has 0 aliphatic rings. The van der Waals surface area contributed by atoms with E-state index in [-0.39, 0.29) is 10.7 Å². The van der Waals surface area contributed by atoms with E-state index >= 15 is 0 Å². The van der Waals surface area contributed by atoms with Crippen LogP contribution in [0.25, 0.3) is 0 Å². The standard InChI is InChI=1S/C12H10Br3N3O2S/c1-16-12-11(5-8(14)6-17-12)21(19,20)18-10-3-2-7(13)4-9(10)15/h2-6,18H,1H3,(H,16,17). The van der Waals surface area contributed by atoms with Crippen molar-refractivity contribution in [2.24, 2.45) is 0 Å². The molecule has 0 spiro atoms. The van der Waals surface area contributed by atoms with Crippen LogP contribution in [0.15, 0.2) is 48.8 Å². The third kappa shape index (κ3) is 3.97. The molecule has 1 aromatic heterocycles. The summed E-state index contributed by atoms with van der Waals surface area (Å²) in [7, 11) is -2.15. The molecule has 1 heterocycles. The van der Waals surface area contributed by atoms with Gasteiger partial charge in [-0.2, -0.15) is 0 Å². The smallest absolute Gasteiger partial charge is 0.265 e. The van der Waals surface area contributed by atoms with Gasteiger partial charge in [-0.3, -0.25) is 4.72 Å². The second-order valence-corrected chi connectivity index (χ2v) is 8.32. The Labute approximate surface area is 148 Å². The summed E-state index contributed by atoms with van der Waals surface area (Å²) in [6.45, 7) is 0. The van der Waals surface area contributed by atoms with E-state index in [0.717, 1.165) is 4.47 Å². The lowest BCUT2D eigenvalue weighted by molar-refractivity contribution is 0.601. The van der Waals surface area contributed by atoms with Crippen molar-refractivity contribution in [3.63, 3.8) is 0 Å². The number of anilines is 2. The van der Waals surface area contributed by atoms with Crippen molar-refractivity contribution < 1.29 is 8.42 Å². The topological polar surface area (TPSA) is 71.1 Å². The molecule has 0 fully saturated rings. The number of nitrogens with one attached hydrogen (secondary N) is 2. The van der Waals surface area contributed by atoms with Gasteiger partial charge in [0.1, 0.15) is 10.7 Å². The molecule has 21 heavy (non-hydrogen) atoms. The van der Waals surface area contributed by atoms with E-state index in [9.17, 15) is 8.42 Å². The summed E-state index contributed by atoms with van der Waals surface area (Å²) in [5, 5.41) is 2.77. The molecular weight excluding hydrogens is 490 g/mol. The number of aromatic nitrogens is 1. The van der Waals surface area contributed by atoms with Crippen molar-refractivity contribution in [3.05, 3.63) is 43.9 Å². The third-order valence-corrected chi connectivity index (χ3v) is 5.48. The molecular formula is C12H10Br3N3O2S. The van der Waals surface area contributed by atoms with E-state index in [1.165, 1.54) is 12.3 Å². The molecule has 0 amide bonds. The van der Waals surface area contributed by atoms with Crippen molar-refractivity contribution >= 4 is 69.3 Å². The van der Waals surface area contributed by atoms with Gasteiger partial charge in [-0.05, 0) is 56.1 Å². The molecule has 1 aromatic carbocycles. The Kier molecular flexibility index (Phi) is 5.29. The van der Waals surface area contributed by atoms with Crippen LogP contribution in [-0.2, 0) is 10.0 Å². The molecule has 2 N–H and O–H groups in total. The number of sulfonamides is 1. The van der Waals surface area contributed by atoms with Gasteiger partial charge >= 0.3 is 0 Å². The third-order valence-electron chi connectivity index (χ3n) is 2.52. The molecule has 0 saturated heterocycles. The van der Waals surface area contributed by atoms with Gasteiger partial charge in [0, 0.05) is 26.7 Å².